The first-order valence-corrected chi connectivity index (χ1v) is 7.34. The number of nitrogens with one attached hydrogen (secondary N) is 1. The Labute approximate surface area is 111 Å². The van der Waals surface area contributed by atoms with E-state index >= 15 is 0 Å². The maximum atomic E-state index is 12.1. The number of carbonyl (C=O) groups is 2. The van der Waals surface area contributed by atoms with Gasteiger partial charge in [-0.3, -0.25) is 13.8 Å². The lowest BCUT2D eigenvalue weighted by molar-refractivity contribution is -0.139. The van der Waals surface area contributed by atoms with E-state index in [1.165, 1.54) is 20.8 Å². The number of carboxylic acids is 1. The lowest BCUT2D eigenvalue weighted by Crippen LogP contribution is -2.48. The summed E-state index contributed by atoms with van der Waals surface area (Å²) >= 11 is 0. The van der Waals surface area contributed by atoms with Gasteiger partial charge in [0.25, 0.3) is 0 Å². The lowest BCUT2D eigenvalue weighted by Gasteiger charge is -2.24. The summed E-state index contributed by atoms with van der Waals surface area (Å²) in [4.78, 5) is 22.9. The Bertz CT molecular complexity index is 337. The minimum absolute atomic E-state index is 0.0462. The van der Waals surface area contributed by atoms with Crippen molar-refractivity contribution < 1.29 is 18.9 Å². The normalized spacial score (nSPS) is 15.2. The van der Waals surface area contributed by atoms with E-state index in [0.29, 0.717) is 0 Å². The molecule has 0 heterocycles. The van der Waals surface area contributed by atoms with Crippen LogP contribution in [0, 0.1) is 0 Å². The molecule has 106 valence electrons. The van der Waals surface area contributed by atoms with Gasteiger partial charge in [0.05, 0.1) is 10.8 Å². The first kappa shape index (κ1) is 17.1. The van der Waals surface area contributed by atoms with E-state index in [0.717, 1.165) is 12.8 Å². The van der Waals surface area contributed by atoms with Crippen LogP contribution in [0.5, 0.6) is 0 Å². The van der Waals surface area contributed by atoms with E-state index in [2.05, 4.69) is 5.32 Å². The molecular formula is C12H23NO4S. The summed E-state index contributed by atoms with van der Waals surface area (Å²) < 4.78 is 10.6. The van der Waals surface area contributed by atoms with Gasteiger partial charge in [-0.2, -0.15) is 0 Å². The standard InChI is InChI=1S/C12H23NO4S/c1-6-9(7-2)13-10(14)8(3)18(17)12(4,5)11(15)16/h8-9H,6-7H2,1-5H3,(H,13,14)(H,15,16). The fraction of sp³-hybridized carbons (Fsp3) is 0.833. The van der Waals surface area contributed by atoms with Crippen LogP contribution in [0.15, 0.2) is 0 Å². The van der Waals surface area contributed by atoms with Gasteiger partial charge in [-0.1, -0.05) is 13.8 Å². The zero-order valence-corrected chi connectivity index (χ0v) is 12.5. The summed E-state index contributed by atoms with van der Waals surface area (Å²) in [6, 6.07) is 0.0462. The van der Waals surface area contributed by atoms with Crippen LogP contribution in [0.2, 0.25) is 0 Å². The van der Waals surface area contributed by atoms with Gasteiger partial charge in [0, 0.05) is 6.04 Å². The average molecular weight is 277 g/mol. The molecule has 0 aliphatic heterocycles. The van der Waals surface area contributed by atoms with Crippen LogP contribution in [-0.2, 0) is 20.4 Å². The molecule has 0 aromatic heterocycles. The molecule has 6 heteroatoms. The van der Waals surface area contributed by atoms with Crippen LogP contribution in [0.3, 0.4) is 0 Å². The van der Waals surface area contributed by atoms with Gasteiger partial charge in [-0.05, 0) is 33.6 Å². The van der Waals surface area contributed by atoms with Gasteiger partial charge in [0.15, 0.2) is 0 Å². The molecule has 0 bridgehead atoms. The van der Waals surface area contributed by atoms with E-state index < -0.39 is 26.8 Å². The summed E-state index contributed by atoms with van der Waals surface area (Å²) in [5.41, 5.74) is 0. The monoisotopic (exact) mass is 277 g/mol. The Balaban J connectivity index is 4.75. The Kier molecular flexibility index (Phi) is 6.52. The van der Waals surface area contributed by atoms with Gasteiger partial charge in [-0.15, -0.1) is 0 Å². The Morgan fingerprint density at radius 3 is 2.06 bits per heavy atom. The second-order valence-corrected chi connectivity index (χ2v) is 7.10. The maximum absolute atomic E-state index is 12.1. The number of hydrogen-bond acceptors (Lipinski definition) is 3. The van der Waals surface area contributed by atoms with Gasteiger partial charge < -0.3 is 10.4 Å². The minimum atomic E-state index is -1.77. The zero-order valence-electron chi connectivity index (χ0n) is 11.6. The molecule has 0 spiro atoms. The SMILES string of the molecule is CCC(CC)NC(=O)C(C)S(=O)C(C)(C)C(=O)O. The third-order valence-electron chi connectivity index (χ3n) is 3.04. The number of carbonyl (C=O) groups excluding carboxylic acids is 1. The molecule has 0 fully saturated rings. The Hall–Kier alpha value is -0.910. The smallest absolute Gasteiger partial charge is 0.321 e. The summed E-state index contributed by atoms with van der Waals surface area (Å²) in [5.74, 6) is -1.51. The maximum Gasteiger partial charge on any atom is 0.321 e. The van der Waals surface area contributed by atoms with Crippen molar-refractivity contribution >= 4 is 22.7 Å². The van der Waals surface area contributed by atoms with Gasteiger partial charge >= 0.3 is 5.97 Å². The number of aliphatic carboxylic acids is 1. The lowest BCUT2D eigenvalue weighted by atomic mass is 10.2. The van der Waals surface area contributed by atoms with E-state index in [9.17, 15) is 13.8 Å². The van der Waals surface area contributed by atoms with E-state index in [1.54, 1.807) is 0 Å². The summed E-state index contributed by atoms with van der Waals surface area (Å²) in [5, 5.41) is 10.9. The number of hydrogen-bond donors (Lipinski definition) is 2. The van der Waals surface area contributed by atoms with Crippen LogP contribution in [0.4, 0.5) is 0 Å². The van der Waals surface area contributed by atoms with Gasteiger partial charge in [0.1, 0.15) is 10.00 Å². The van der Waals surface area contributed by atoms with E-state index in [-0.39, 0.29) is 11.9 Å². The largest absolute Gasteiger partial charge is 0.480 e. The molecule has 0 radical (unpaired) electrons. The van der Waals surface area contributed by atoms with Crippen molar-refractivity contribution in [2.45, 2.75) is 63.5 Å². The molecule has 2 atom stereocenters. The summed E-state index contributed by atoms with van der Waals surface area (Å²) in [6.07, 6.45) is 1.59. The summed E-state index contributed by atoms with van der Waals surface area (Å²) in [6.45, 7) is 8.14. The molecule has 2 N–H and O–H groups in total. The molecular weight excluding hydrogens is 254 g/mol. The number of rotatable bonds is 7. The summed E-state index contributed by atoms with van der Waals surface area (Å²) in [7, 11) is -1.77. The van der Waals surface area contributed by atoms with Crippen molar-refractivity contribution in [3.63, 3.8) is 0 Å². The van der Waals surface area contributed by atoms with Gasteiger partial charge in [-0.25, -0.2) is 0 Å². The number of carboxylic acid groups (broad SMARTS) is 1. The highest BCUT2D eigenvalue weighted by Gasteiger charge is 2.39. The molecule has 18 heavy (non-hydrogen) atoms. The molecule has 2 unspecified atom stereocenters. The highest BCUT2D eigenvalue weighted by atomic mass is 32.2. The van der Waals surface area contributed by atoms with Crippen molar-refractivity contribution in [3.8, 4) is 0 Å². The highest BCUT2D eigenvalue weighted by molar-refractivity contribution is 7.88. The molecule has 0 rings (SSSR count). The quantitative estimate of drug-likeness (QED) is 0.734. The molecule has 0 aliphatic rings. The minimum Gasteiger partial charge on any atom is -0.480 e. The highest BCUT2D eigenvalue weighted by Crippen LogP contribution is 2.18. The fourth-order valence-electron chi connectivity index (χ4n) is 1.44. The van der Waals surface area contributed by atoms with Crippen molar-refractivity contribution in [2.24, 2.45) is 0 Å². The average Bonchev–Trinajstić information content (AvgIpc) is 2.33. The van der Waals surface area contributed by atoms with E-state index in [4.69, 9.17) is 5.11 Å². The molecule has 0 aromatic carbocycles. The van der Waals surface area contributed by atoms with Crippen LogP contribution < -0.4 is 5.32 Å². The third kappa shape index (κ3) is 4.08. The number of amides is 1. The molecule has 0 aromatic rings. The van der Waals surface area contributed by atoms with Crippen molar-refractivity contribution in [1.82, 2.24) is 5.32 Å². The Morgan fingerprint density at radius 2 is 1.72 bits per heavy atom. The van der Waals surface area contributed by atoms with Crippen LogP contribution in [-0.4, -0.2) is 37.2 Å². The first-order valence-electron chi connectivity index (χ1n) is 6.12. The fourth-order valence-corrected chi connectivity index (χ4v) is 2.76. The van der Waals surface area contributed by atoms with Crippen LogP contribution >= 0.6 is 0 Å². The predicted molar refractivity (Wildman–Crippen MR) is 71.8 cm³/mol. The molecule has 0 saturated heterocycles. The molecule has 0 saturated carbocycles. The van der Waals surface area contributed by atoms with E-state index in [1.807, 2.05) is 13.8 Å². The second-order valence-electron chi connectivity index (χ2n) is 4.78. The molecule has 5 nitrogen and oxygen atoms in total. The third-order valence-corrected chi connectivity index (χ3v) is 5.08. The predicted octanol–water partition coefficient (Wildman–Crippen LogP) is 1.29. The van der Waals surface area contributed by atoms with Crippen molar-refractivity contribution in [3.05, 3.63) is 0 Å². The van der Waals surface area contributed by atoms with Crippen molar-refractivity contribution in [2.75, 3.05) is 0 Å². The second kappa shape index (κ2) is 6.87. The topological polar surface area (TPSA) is 83.5 Å². The van der Waals surface area contributed by atoms with Crippen LogP contribution in [0.1, 0.15) is 47.5 Å². The Morgan fingerprint density at radius 1 is 1.28 bits per heavy atom. The zero-order chi connectivity index (χ0) is 14.5. The van der Waals surface area contributed by atoms with Crippen molar-refractivity contribution in [1.29, 1.82) is 0 Å². The molecule has 0 aliphatic carbocycles. The molecule has 1 amide bonds. The van der Waals surface area contributed by atoms with Gasteiger partial charge in [0.2, 0.25) is 5.91 Å². The first-order chi connectivity index (χ1) is 8.18. The van der Waals surface area contributed by atoms with Crippen LogP contribution in [0.25, 0.3) is 0 Å².